The van der Waals surface area contributed by atoms with Crippen molar-refractivity contribution < 1.29 is 18.0 Å². The zero-order valence-electron chi connectivity index (χ0n) is 16.9. The Bertz CT molecular complexity index is 1160. The van der Waals surface area contributed by atoms with Crippen LogP contribution in [0.3, 0.4) is 0 Å². The Kier molecular flexibility index (Phi) is 7.89. The molecule has 0 aliphatic rings. The number of nitrogens with two attached hydrogens (primary N) is 2. The number of nitrogens with one attached hydrogen (secondary N) is 2. The molecule has 0 radical (unpaired) electrons. The van der Waals surface area contributed by atoms with Crippen molar-refractivity contribution in [3.05, 3.63) is 57.0 Å². The number of aryl methyl sites for hydroxylation is 2. The third-order valence-corrected chi connectivity index (χ3v) is 5.85. The molecule has 0 atom stereocenters. The number of benzene rings is 1. The summed E-state index contributed by atoms with van der Waals surface area (Å²) >= 11 is 5.94. The number of amides is 1. The number of pyridine rings is 1. The van der Waals surface area contributed by atoms with Gasteiger partial charge in [-0.05, 0) is 54.9 Å². The number of halogens is 1. The van der Waals surface area contributed by atoms with E-state index in [1.54, 1.807) is 13.8 Å². The van der Waals surface area contributed by atoms with Gasteiger partial charge in [-0.1, -0.05) is 11.6 Å². The van der Waals surface area contributed by atoms with Crippen LogP contribution < -0.4 is 27.1 Å². The zero-order valence-corrected chi connectivity index (χ0v) is 18.5. The summed E-state index contributed by atoms with van der Waals surface area (Å²) in [4.78, 5) is 29.6. The van der Waals surface area contributed by atoms with Crippen LogP contribution in [0, 0.1) is 13.8 Å². The Balaban J connectivity index is 2.14. The molecule has 0 saturated carbocycles. The molecule has 0 saturated heterocycles. The predicted octanol–water partition coefficient (Wildman–Crippen LogP) is 0.241. The Morgan fingerprint density at radius 1 is 1.23 bits per heavy atom. The zero-order chi connectivity index (χ0) is 23.2. The highest BCUT2D eigenvalue weighted by Crippen LogP contribution is 2.21. The summed E-state index contributed by atoms with van der Waals surface area (Å²) < 4.78 is 28.7. The van der Waals surface area contributed by atoms with Crippen LogP contribution in [-0.2, 0) is 26.2 Å². The Hall–Kier alpha value is -3.25. The first-order valence-electron chi connectivity index (χ1n) is 8.98. The quantitative estimate of drug-likeness (QED) is 0.176. The number of hydrogen-bond acceptors (Lipinski definition) is 6. The Morgan fingerprint density at radius 2 is 1.94 bits per heavy atom. The number of carbonyl (C=O) groups excluding carboxylic acids is 1. The van der Waals surface area contributed by atoms with Gasteiger partial charge in [0.15, 0.2) is 0 Å². The van der Waals surface area contributed by atoms with Crippen molar-refractivity contribution in [3.63, 3.8) is 0 Å². The number of oxime groups is 1. The first-order valence-corrected chi connectivity index (χ1v) is 10.8. The number of anilines is 1. The van der Waals surface area contributed by atoms with Crippen molar-refractivity contribution >= 4 is 39.2 Å². The van der Waals surface area contributed by atoms with Crippen LogP contribution in [0.2, 0.25) is 5.02 Å². The van der Waals surface area contributed by atoms with Gasteiger partial charge in [0.1, 0.15) is 18.8 Å². The summed E-state index contributed by atoms with van der Waals surface area (Å²) in [5.41, 5.74) is 10.4. The monoisotopic (exact) mass is 470 g/mol. The average Bonchev–Trinajstić information content (AvgIpc) is 2.69. The van der Waals surface area contributed by atoms with Gasteiger partial charge in [0.25, 0.3) is 15.6 Å². The van der Waals surface area contributed by atoms with Crippen LogP contribution in [0.5, 0.6) is 0 Å². The van der Waals surface area contributed by atoms with E-state index in [9.17, 15) is 18.0 Å². The molecule has 0 bridgehead atoms. The van der Waals surface area contributed by atoms with E-state index < -0.39 is 21.5 Å². The molecule has 168 valence electrons. The second-order valence-corrected chi connectivity index (χ2v) is 8.59. The molecule has 31 heavy (non-hydrogen) atoms. The minimum absolute atomic E-state index is 0.0257. The molecule has 1 heterocycles. The molecule has 0 aliphatic carbocycles. The van der Waals surface area contributed by atoms with Crippen molar-refractivity contribution in [1.29, 1.82) is 0 Å². The number of guanidine groups is 1. The fourth-order valence-corrected chi connectivity index (χ4v) is 3.75. The van der Waals surface area contributed by atoms with Crippen LogP contribution in [0.25, 0.3) is 0 Å². The van der Waals surface area contributed by atoms with Crippen LogP contribution in [-0.4, -0.2) is 38.0 Å². The number of rotatable bonds is 9. The van der Waals surface area contributed by atoms with Crippen molar-refractivity contribution in [2.24, 2.45) is 16.6 Å². The van der Waals surface area contributed by atoms with Crippen molar-refractivity contribution in [1.82, 2.24) is 9.88 Å². The minimum atomic E-state index is -4.03. The van der Waals surface area contributed by atoms with Gasteiger partial charge < -0.3 is 26.2 Å². The first-order chi connectivity index (χ1) is 14.5. The fraction of sp³-hybridized carbons (Fsp3) is 0.278. The summed E-state index contributed by atoms with van der Waals surface area (Å²) in [5.74, 6) is -0.728. The highest BCUT2D eigenvalue weighted by Gasteiger charge is 2.18. The summed E-state index contributed by atoms with van der Waals surface area (Å²) in [6.07, 6.45) is 0. The minimum Gasteiger partial charge on any atom is -0.391 e. The number of hydrogen-bond donors (Lipinski definition) is 4. The summed E-state index contributed by atoms with van der Waals surface area (Å²) in [5, 5.41) is 6.27. The lowest BCUT2D eigenvalue weighted by molar-refractivity contribution is -0.122. The van der Waals surface area contributed by atoms with Gasteiger partial charge in [0.05, 0.1) is 11.4 Å². The molecule has 2 aromatic rings. The second-order valence-electron chi connectivity index (χ2n) is 6.50. The summed E-state index contributed by atoms with van der Waals surface area (Å²) in [6, 6.07) is 7.06. The van der Waals surface area contributed by atoms with Gasteiger partial charge in [-0.25, -0.2) is 8.42 Å². The number of sulfonamides is 1. The van der Waals surface area contributed by atoms with E-state index in [0.29, 0.717) is 16.3 Å². The van der Waals surface area contributed by atoms with Gasteiger partial charge in [-0.15, -0.1) is 0 Å². The maximum atomic E-state index is 12.8. The van der Waals surface area contributed by atoms with Crippen molar-refractivity contribution in [2.45, 2.75) is 25.3 Å². The summed E-state index contributed by atoms with van der Waals surface area (Å²) in [7, 11) is -4.03. The molecule has 0 fully saturated rings. The van der Waals surface area contributed by atoms with E-state index >= 15 is 0 Å². The lowest BCUT2D eigenvalue weighted by Gasteiger charge is -2.14. The van der Waals surface area contributed by atoms with Crippen molar-refractivity contribution in [2.75, 3.05) is 17.9 Å². The van der Waals surface area contributed by atoms with E-state index in [-0.39, 0.29) is 36.2 Å². The van der Waals surface area contributed by atoms with E-state index in [0.717, 1.165) is 4.57 Å². The van der Waals surface area contributed by atoms with E-state index in [2.05, 4.69) is 15.2 Å². The molecular formula is C18H23ClN6O5S. The van der Waals surface area contributed by atoms with Crippen LogP contribution in [0.15, 0.2) is 45.2 Å². The van der Waals surface area contributed by atoms with E-state index in [1.807, 2.05) is 0 Å². The van der Waals surface area contributed by atoms with Gasteiger partial charge in [-0.3, -0.25) is 14.3 Å². The molecular weight excluding hydrogens is 448 g/mol. The van der Waals surface area contributed by atoms with Gasteiger partial charge >= 0.3 is 0 Å². The van der Waals surface area contributed by atoms with Crippen molar-refractivity contribution in [3.8, 4) is 0 Å². The van der Waals surface area contributed by atoms with Gasteiger partial charge in [0.2, 0.25) is 11.9 Å². The molecule has 6 N–H and O–H groups in total. The summed E-state index contributed by atoms with van der Waals surface area (Å²) in [6.45, 7) is 3.10. The molecule has 1 aromatic heterocycles. The third kappa shape index (κ3) is 6.62. The molecule has 0 spiro atoms. The van der Waals surface area contributed by atoms with E-state index in [4.69, 9.17) is 27.9 Å². The molecule has 1 amide bonds. The average molecular weight is 471 g/mol. The predicted molar refractivity (Wildman–Crippen MR) is 117 cm³/mol. The van der Waals surface area contributed by atoms with Crippen LogP contribution in [0.1, 0.15) is 11.3 Å². The molecule has 0 aliphatic heterocycles. The number of nitrogens with zero attached hydrogens (tertiary/aromatic N) is 2. The molecule has 2 rings (SSSR count). The molecule has 0 unspecified atom stereocenters. The van der Waals surface area contributed by atoms with Crippen LogP contribution in [0.4, 0.5) is 5.69 Å². The lowest BCUT2D eigenvalue weighted by atomic mass is 10.2. The molecule has 11 nitrogen and oxygen atoms in total. The molecule has 13 heteroatoms. The third-order valence-electron chi connectivity index (χ3n) is 4.06. The largest absolute Gasteiger partial charge is 0.391 e. The highest BCUT2D eigenvalue weighted by atomic mass is 35.5. The fourth-order valence-electron chi connectivity index (χ4n) is 2.49. The standard InChI is InChI=1S/C18H23ClN6O5S/c1-11-9-13(4-5-14(11)19)31(28,29)24-15-6-3-12(2)25(17(15)27)10-16(26)22-7-8-30-23-18(20)21/h3-6,9,24H,7-8,10H2,1-2H3,(H,22,26)(H4,20,21,23). The Labute approximate surface area is 184 Å². The molecule has 1 aromatic carbocycles. The SMILES string of the molecule is Cc1cc(S(=O)(=O)Nc2ccc(C)n(CC(=O)NCCON=C(N)N)c2=O)ccc1Cl. The first kappa shape index (κ1) is 24.0. The normalized spacial score (nSPS) is 10.9. The van der Waals surface area contributed by atoms with E-state index in [1.165, 1.54) is 30.3 Å². The smallest absolute Gasteiger partial charge is 0.275 e. The Morgan fingerprint density at radius 3 is 2.58 bits per heavy atom. The lowest BCUT2D eigenvalue weighted by Crippen LogP contribution is -2.36. The second kappa shape index (κ2) is 10.2. The maximum absolute atomic E-state index is 12.8. The van der Waals surface area contributed by atoms with Gasteiger partial charge in [0, 0.05) is 10.7 Å². The maximum Gasteiger partial charge on any atom is 0.275 e. The topological polar surface area (TPSA) is 171 Å². The highest BCUT2D eigenvalue weighted by molar-refractivity contribution is 7.92. The number of aromatic nitrogens is 1. The van der Waals surface area contributed by atoms with Crippen LogP contribution >= 0.6 is 11.6 Å². The van der Waals surface area contributed by atoms with Gasteiger partial charge in [-0.2, -0.15) is 0 Å². The number of carbonyl (C=O) groups is 1.